The molecule has 11 heteroatoms. The lowest BCUT2D eigenvalue weighted by atomic mass is 9.98. The number of aromatic carboxylic acids is 1. The molecule has 5 aromatic rings. The van der Waals surface area contributed by atoms with Gasteiger partial charge in [0.05, 0.1) is 16.8 Å². The van der Waals surface area contributed by atoms with E-state index < -0.39 is 5.97 Å². The number of nitrogens with zero attached hydrogens (tertiary/aromatic N) is 7. The first-order chi connectivity index (χ1) is 17.3. The Balaban J connectivity index is 1.72. The summed E-state index contributed by atoms with van der Waals surface area (Å²) in [4.78, 5) is 29.0. The zero-order valence-corrected chi connectivity index (χ0v) is 20.2. The molecule has 36 heavy (non-hydrogen) atoms. The summed E-state index contributed by atoms with van der Waals surface area (Å²) in [6.07, 6.45) is 3.54. The predicted octanol–water partition coefficient (Wildman–Crippen LogP) is 3.77. The van der Waals surface area contributed by atoms with Crippen molar-refractivity contribution < 1.29 is 14.6 Å². The Hall–Kier alpha value is -4.80. The lowest BCUT2D eigenvalue weighted by Crippen LogP contribution is -2.02. The van der Waals surface area contributed by atoms with E-state index in [-0.39, 0.29) is 11.7 Å². The number of hydrogen-bond donors (Lipinski definition) is 2. The molecule has 0 atom stereocenters. The van der Waals surface area contributed by atoms with E-state index >= 15 is 0 Å². The molecule has 3 N–H and O–H groups in total. The monoisotopic (exact) mass is 484 g/mol. The van der Waals surface area contributed by atoms with Crippen molar-refractivity contribution in [3.8, 4) is 34.3 Å². The van der Waals surface area contributed by atoms with Crippen LogP contribution < -0.4 is 10.5 Å². The number of aryl methyl sites for hydroxylation is 3. The third-order valence-electron chi connectivity index (χ3n) is 6.05. The number of nitrogen functional groups attached to an aromatic ring is 1. The van der Waals surface area contributed by atoms with Crippen molar-refractivity contribution in [3.63, 3.8) is 0 Å². The molecule has 0 aliphatic heterocycles. The average molecular weight is 485 g/mol. The molecule has 0 radical (unpaired) electrons. The zero-order chi connectivity index (χ0) is 25.6. The number of benzene rings is 1. The second-order valence-electron chi connectivity index (χ2n) is 8.31. The number of nitrogens with two attached hydrogens (primary N) is 1. The molecule has 0 bridgehead atoms. The van der Waals surface area contributed by atoms with Gasteiger partial charge in [-0.25, -0.2) is 24.7 Å². The Morgan fingerprint density at radius 1 is 1.08 bits per heavy atom. The Labute approximate surface area is 206 Å². The number of hydrogen-bond acceptors (Lipinski definition) is 8. The summed E-state index contributed by atoms with van der Waals surface area (Å²) in [6.45, 7) is 3.77. The van der Waals surface area contributed by atoms with Gasteiger partial charge < -0.3 is 20.1 Å². The van der Waals surface area contributed by atoms with Crippen molar-refractivity contribution in [1.29, 1.82) is 0 Å². The van der Waals surface area contributed by atoms with E-state index in [2.05, 4.69) is 25.0 Å². The molecule has 0 aliphatic carbocycles. The fourth-order valence-electron chi connectivity index (χ4n) is 4.47. The molecular weight excluding hydrogens is 460 g/mol. The molecule has 0 spiro atoms. The molecule has 5 rings (SSSR count). The minimum absolute atomic E-state index is 0.0205. The SMILES string of the molecule is CCc1c(C(=O)O)nn(C)c1-c1c(-c2ccc(Oc3nccc(C)n3)cc2)c2c(N)ncnc2n1C. The highest BCUT2D eigenvalue weighted by Gasteiger charge is 2.28. The lowest BCUT2D eigenvalue weighted by molar-refractivity contribution is 0.0688. The molecule has 0 saturated heterocycles. The Kier molecular flexibility index (Phi) is 5.59. The van der Waals surface area contributed by atoms with Crippen LogP contribution in [0.25, 0.3) is 33.5 Å². The number of carbonyl (C=O) groups is 1. The molecule has 0 fully saturated rings. The lowest BCUT2D eigenvalue weighted by Gasteiger charge is -2.12. The van der Waals surface area contributed by atoms with Crippen LogP contribution in [0.1, 0.15) is 28.7 Å². The summed E-state index contributed by atoms with van der Waals surface area (Å²) in [5, 5.41) is 14.7. The topological polar surface area (TPSA) is 147 Å². The summed E-state index contributed by atoms with van der Waals surface area (Å²) in [5.74, 6) is -0.185. The van der Waals surface area contributed by atoms with Crippen molar-refractivity contribution in [2.24, 2.45) is 14.1 Å². The van der Waals surface area contributed by atoms with Crippen LogP contribution in [0.2, 0.25) is 0 Å². The van der Waals surface area contributed by atoms with Gasteiger partial charge >= 0.3 is 12.0 Å². The van der Waals surface area contributed by atoms with E-state index in [1.54, 1.807) is 24.0 Å². The van der Waals surface area contributed by atoms with Gasteiger partial charge in [0.15, 0.2) is 5.69 Å². The number of carboxylic acids is 1. The molecule has 0 aliphatic rings. The maximum absolute atomic E-state index is 11.9. The first-order valence-electron chi connectivity index (χ1n) is 11.3. The summed E-state index contributed by atoms with van der Waals surface area (Å²) < 4.78 is 9.30. The second kappa shape index (κ2) is 8.77. The highest BCUT2D eigenvalue weighted by atomic mass is 16.5. The standard InChI is InChI=1S/C25H24N8O3/c1-5-16-19(24(34)35)31-33(4)20(16)21-17(18-22(26)28-12-29-23(18)32(21)3)14-6-8-15(9-7-14)36-25-27-11-10-13(2)30-25/h6-12H,5H2,1-4H3,(H,34,35)(H2,26,28,29). The zero-order valence-electron chi connectivity index (χ0n) is 20.2. The molecule has 0 saturated carbocycles. The first-order valence-corrected chi connectivity index (χ1v) is 11.3. The fourth-order valence-corrected chi connectivity index (χ4v) is 4.47. The van der Waals surface area contributed by atoms with Gasteiger partial charge in [0.1, 0.15) is 23.5 Å². The molecule has 1 aromatic carbocycles. The van der Waals surface area contributed by atoms with Crippen molar-refractivity contribution in [1.82, 2.24) is 34.3 Å². The number of fused-ring (bicyclic) bond motifs is 1. The molecule has 0 unspecified atom stereocenters. The summed E-state index contributed by atoms with van der Waals surface area (Å²) in [5.41, 5.74) is 11.4. The van der Waals surface area contributed by atoms with Crippen LogP contribution in [0.5, 0.6) is 11.8 Å². The number of anilines is 1. The van der Waals surface area contributed by atoms with E-state index in [4.69, 9.17) is 10.5 Å². The van der Waals surface area contributed by atoms with E-state index in [1.165, 1.54) is 6.33 Å². The van der Waals surface area contributed by atoms with Crippen LogP contribution in [0.15, 0.2) is 42.9 Å². The number of ether oxygens (including phenoxy) is 1. The van der Waals surface area contributed by atoms with Crippen LogP contribution >= 0.6 is 0 Å². The number of rotatable bonds is 6. The Morgan fingerprint density at radius 2 is 1.83 bits per heavy atom. The number of aromatic nitrogens is 7. The van der Waals surface area contributed by atoms with Gasteiger partial charge in [-0.1, -0.05) is 19.1 Å². The summed E-state index contributed by atoms with van der Waals surface area (Å²) in [7, 11) is 3.60. The van der Waals surface area contributed by atoms with Crippen LogP contribution in [-0.2, 0) is 20.5 Å². The molecule has 4 aromatic heterocycles. The highest BCUT2D eigenvalue weighted by Crippen LogP contribution is 2.43. The summed E-state index contributed by atoms with van der Waals surface area (Å²) >= 11 is 0. The Morgan fingerprint density at radius 3 is 2.50 bits per heavy atom. The molecule has 11 nitrogen and oxygen atoms in total. The third-order valence-corrected chi connectivity index (χ3v) is 6.05. The average Bonchev–Trinajstić information content (AvgIpc) is 3.34. The van der Waals surface area contributed by atoms with Crippen molar-refractivity contribution in [2.75, 3.05) is 5.73 Å². The predicted molar refractivity (Wildman–Crippen MR) is 134 cm³/mol. The maximum atomic E-state index is 11.9. The number of carboxylic acid groups (broad SMARTS) is 1. The van der Waals surface area contributed by atoms with Crippen molar-refractivity contribution in [2.45, 2.75) is 20.3 Å². The van der Waals surface area contributed by atoms with Crippen molar-refractivity contribution >= 4 is 22.8 Å². The quantitative estimate of drug-likeness (QED) is 0.367. The smallest absolute Gasteiger partial charge is 0.356 e. The van der Waals surface area contributed by atoms with Gasteiger partial charge in [-0.05, 0) is 37.1 Å². The van der Waals surface area contributed by atoms with Gasteiger partial charge in [0.2, 0.25) is 0 Å². The Bertz CT molecular complexity index is 1620. The van der Waals surface area contributed by atoms with Crippen LogP contribution in [0, 0.1) is 6.92 Å². The maximum Gasteiger partial charge on any atom is 0.356 e. The van der Waals surface area contributed by atoms with E-state index in [0.29, 0.717) is 40.3 Å². The molecule has 0 amide bonds. The normalized spacial score (nSPS) is 11.2. The third kappa shape index (κ3) is 3.70. The van der Waals surface area contributed by atoms with Gasteiger partial charge in [-0.3, -0.25) is 4.68 Å². The van der Waals surface area contributed by atoms with E-state index in [1.807, 2.05) is 49.7 Å². The molecule has 4 heterocycles. The molecule has 182 valence electrons. The van der Waals surface area contributed by atoms with Gasteiger partial charge in [-0.2, -0.15) is 5.10 Å². The van der Waals surface area contributed by atoms with Gasteiger partial charge in [-0.15, -0.1) is 0 Å². The minimum atomic E-state index is -1.08. The first kappa shape index (κ1) is 23.0. The molecular formula is C25H24N8O3. The highest BCUT2D eigenvalue weighted by molar-refractivity contribution is 6.08. The minimum Gasteiger partial charge on any atom is -0.476 e. The van der Waals surface area contributed by atoms with Crippen LogP contribution in [-0.4, -0.2) is 45.4 Å². The van der Waals surface area contributed by atoms with Crippen molar-refractivity contribution in [3.05, 3.63) is 59.8 Å². The largest absolute Gasteiger partial charge is 0.476 e. The van der Waals surface area contributed by atoms with E-state index in [9.17, 15) is 9.90 Å². The van der Waals surface area contributed by atoms with Gasteiger partial charge in [0.25, 0.3) is 0 Å². The fraction of sp³-hybridized carbons (Fsp3) is 0.200. The summed E-state index contributed by atoms with van der Waals surface area (Å²) in [6, 6.07) is 9.48. The van der Waals surface area contributed by atoms with Crippen LogP contribution in [0.4, 0.5) is 5.82 Å². The second-order valence-corrected chi connectivity index (χ2v) is 8.31. The van der Waals surface area contributed by atoms with Gasteiger partial charge in [0, 0.05) is 37.1 Å². The van der Waals surface area contributed by atoms with Crippen LogP contribution in [0.3, 0.4) is 0 Å². The van der Waals surface area contributed by atoms with E-state index in [0.717, 1.165) is 22.5 Å².